The Morgan fingerprint density at radius 2 is 2.00 bits per heavy atom. The summed E-state index contributed by atoms with van der Waals surface area (Å²) in [5, 5.41) is 15.0. The number of aliphatic hydroxyl groups excluding tert-OH is 1. The lowest BCUT2D eigenvalue weighted by atomic mass is 9.88. The molecule has 4 nitrogen and oxygen atoms in total. The van der Waals surface area contributed by atoms with Crippen molar-refractivity contribution in [3.05, 3.63) is 15.9 Å². The number of rotatable bonds is 7. The molecule has 1 aromatic heterocycles. The highest BCUT2D eigenvalue weighted by Crippen LogP contribution is 2.26. The summed E-state index contributed by atoms with van der Waals surface area (Å²) in [6.07, 6.45) is 1.07. The Labute approximate surface area is 124 Å². The zero-order valence-electron chi connectivity index (χ0n) is 12.4. The fraction of sp³-hybridized carbons (Fsp3) is 0.786. The first-order valence-electron chi connectivity index (χ1n) is 7.08. The van der Waals surface area contributed by atoms with Gasteiger partial charge in [-0.2, -0.15) is 5.10 Å². The Morgan fingerprint density at radius 1 is 1.37 bits per heavy atom. The summed E-state index contributed by atoms with van der Waals surface area (Å²) in [6, 6.07) is 0. The number of nitrogens with two attached hydrogens (primary N) is 1. The first-order chi connectivity index (χ1) is 8.96. The highest BCUT2D eigenvalue weighted by atomic mass is 79.9. The minimum atomic E-state index is -0.423. The van der Waals surface area contributed by atoms with Crippen LogP contribution < -0.4 is 5.73 Å². The van der Waals surface area contributed by atoms with Gasteiger partial charge in [-0.25, -0.2) is 0 Å². The molecule has 5 heteroatoms. The van der Waals surface area contributed by atoms with Gasteiger partial charge in [-0.1, -0.05) is 20.8 Å². The maximum absolute atomic E-state index is 10.4. The van der Waals surface area contributed by atoms with Crippen LogP contribution in [-0.2, 0) is 19.4 Å². The third kappa shape index (κ3) is 3.80. The molecule has 0 spiro atoms. The van der Waals surface area contributed by atoms with Crippen molar-refractivity contribution in [1.82, 2.24) is 9.78 Å². The van der Waals surface area contributed by atoms with Gasteiger partial charge in [0.05, 0.1) is 22.0 Å². The summed E-state index contributed by atoms with van der Waals surface area (Å²) in [6.45, 7) is 9.68. The lowest BCUT2D eigenvalue weighted by molar-refractivity contribution is 0.0843. The molecule has 0 aliphatic carbocycles. The minimum absolute atomic E-state index is 0.122. The van der Waals surface area contributed by atoms with Gasteiger partial charge in [-0.3, -0.25) is 4.68 Å². The highest BCUT2D eigenvalue weighted by Gasteiger charge is 2.24. The molecule has 0 amide bonds. The molecule has 0 aromatic carbocycles. The van der Waals surface area contributed by atoms with E-state index in [1.807, 2.05) is 4.68 Å². The molecular formula is C14H26BrN3O. The molecule has 19 heavy (non-hydrogen) atoms. The quantitative estimate of drug-likeness (QED) is 0.806. The minimum Gasteiger partial charge on any atom is -0.392 e. The standard InChI is InChI=1S/C14H26BrN3O/c1-5-11-14(15)12(18(6-2)17-11)7-13(19)10(8-16)9(3)4/h9-10,13,19H,5-8,16H2,1-4H3. The Balaban J connectivity index is 2.95. The van der Waals surface area contributed by atoms with Gasteiger partial charge in [0.1, 0.15) is 0 Å². The maximum atomic E-state index is 10.4. The molecule has 0 fully saturated rings. The Hall–Kier alpha value is -0.390. The van der Waals surface area contributed by atoms with Crippen molar-refractivity contribution < 1.29 is 5.11 Å². The van der Waals surface area contributed by atoms with Gasteiger partial charge in [-0.05, 0) is 47.7 Å². The van der Waals surface area contributed by atoms with Crippen molar-refractivity contribution in [3.8, 4) is 0 Å². The van der Waals surface area contributed by atoms with Gasteiger partial charge in [0, 0.05) is 13.0 Å². The zero-order chi connectivity index (χ0) is 14.6. The predicted molar refractivity (Wildman–Crippen MR) is 82.1 cm³/mol. The number of hydrogen-bond acceptors (Lipinski definition) is 3. The number of aromatic nitrogens is 2. The molecule has 0 aliphatic rings. The largest absolute Gasteiger partial charge is 0.392 e. The fourth-order valence-electron chi connectivity index (χ4n) is 2.44. The second-order valence-corrected chi connectivity index (χ2v) is 6.08. The van der Waals surface area contributed by atoms with Gasteiger partial charge in [0.2, 0.25) is 0 Å². The van der Waals surface area contributed by atoms with Crippen LogP contribution in [0.15, 0.2) is 4.47 Å². The van der Waals surface area contributed by atoms with Crippen LogP contribution in [0.4, 0.5) is 0 Å². The molecule has 2 atom stereocenters. The molecule has 3 N–H and O–H groups in total. The Kier molecular flexibility index (Phi) is 6.50. The van der Waals surface area contributed by atoms with E-state index >= 15 is 0 Å². The molecule has 2 unspecified atom stereocenters. The Bertz CT molecular complexity index is 404. The van der Waals surface area contributed by atoms with E-state index < -0.39 is 6.10 Å². The van der Waals surface area contributed by atoms with E-state index in [0.29, 0.717) is 18.9 Å². The molecule has 1 rings (SSSR count). The van der Waals surface area contributed by atoms with E-state index in [2.05, 4.69) is 48.7 Å². The fourth-order valence-corrected chi connectivity index (χ4v) is 3.16. The molecule has 0 saturated heterocycles. The third-order valence-electron chi connectivity index (χ3n) is 3.72. The first kappa shape index (κ1) is 16.7. The monoisotopic (exact) mass is 331 g/mol. The lowest BCUT2D eigenvalue weighted by Gasteiger charge is -2.25. The van der Waals surface area contributed by atoms with E-state index in [1.54, 1.807) is 0 Å². The molecule has 110 valence electrons. The summed E-state index contributed by atoms with van der Waals surface area (Å²) >= 11 is 3.61. The number of nitrogens with zero attached hydrogens (tertiary/aromatic N) is 2. The van der Waals surface area contributed by atoms with Crippen LogP contribution in [0.2, 0.25) is 0 Å². The van der Waals surface area contributed by atoms with E-state index in [4.69, 9.17) is 5.73 Å². The van der Waals surface area contributed by atoms with Crippen LogP contribution in [0.5, 0.6) is 0 Å². The summed E-state index contributed by atoms with van der Waals surface area (Å²) < 4.78 is 3.01. The SMILES string of the molecule is CCc1nn(CC)c(CC(O)C(CN)C(C)C)c1Br. The average Bonchev–Trinajstić information content (AvgIpc) is 2.66. The summed E-state index contributed by atoms with van der Waals surface area (Å²) in [4.78, 5) is 0. The first-order valence-corrected chi connectivity index (χ1v) is 7.87. The second-order valence-electron chi connectivity index (χ2n) is 5.29. The van der Waals surface area contributed by atoms with Gasteiger partial charge in [0.15, 0.2) is 0 Å². The number of halogens is 1. The van der Waals surface area contributed by atoms with Crippen LogP contribution in [0.25, 0.3) is 0 Å². The predicted octanol–water partition coefficient (Wildman–Crippen LogP) is 2.36. The molecule has 0 bridgehead atoms. The molecule has 1 aromatic rings. The van der Waals surface area contributed by atoms with Crippen molar-refractivity contribution in [2.75, 3.05) is 6.54 Å². The Morgan fingerprint density at radius 3 is 2.42 bits per heavy atom. The van der Waals surface area contributed by atoms with Crippen molar-refractivity contribution in [1.29, 1.82) is 0 Å². The van der Waals surface area contributed by atoms with Crippen LogP contribution in [-0.4, -0.2) is 27.5 Å². The number of hydrogen-bond donors (Lipinski definition) is 2. The second kappa shape index (κ2) is 7.41. The van der Waals surface area contributed by atoms with Crippen molar-refractivity contribution in [2.24, 2.45) is 17.6 Å². The van der Waals surface area contributed by atoms with Crippen molar-refractivity contribution in [3.63, 3.8) is 0 Å². The topological polar surface area (TPSA) is 64.1 Å². The summed E-state index contributed by atoms with van der Waals surface area (Å²) in [7, 11) is 0. The third-order valence-corrected chi connectivity index (χ3v) is 4.63. The summed E-state index contributed by atoms with van der Waals surface area (Å²) in [5.41, 5.74) is 7.90. The van der Waals surface area contributed by atoms with Crippen molar-refractivity contribution >= 4 is 15.9 Å². The van der Waals surface area contributed by atoms with Crippen LogP contribution >= 0.6 is 15.9 Å². The normalized spacial score (nSPS) is 14.9. The molecular weight excluding hydrogens is 306 g/mol. The van der Waals surface area contributed by atoms with Gasteiger partial charge in [-0.15, -0.1) is 0 Å². The van der Waals surface area contributed by atoms with Crippen LogP contribution in [0.3, 0.4) is 0 Å². The molecule has 1 heterocycles. The molecule has 0 radical (unpaired) electrons. The van der Waals surface area contributed by atoms with E-state index in [0.717, 1.165) is 28.8 Å². The zero-order valence-corrected chi connectivity index (χ0v) is 13.9. The van der Waals surface area contributed by atoms with Gasteiger partial charge < -0.3 is 10.8 Å². The number of aliphatic hydroxyl groups is 1. The lowest BCUT2D eigenvalue weighted by Crippen LogP contribution is -2.34. The summed E-state index contributed by atoms with van der Waals surface area (Å²) in [5.74, 6) is 0.500. The molecule has 0 saturated carbocycles. The van der Waals surface area contributed by atoms with E-state index in [-0.39, 0.29) is 5.92 Å². The van der Waals surface area contributed by atoms with E-state index in [9.17, 15) is 5.11 Å². The van der Waals surface area contributed by atoms with E-state index in [1.165, 1.54) is 0 Å². The molecule has 0 aliphatic heterocycles. The van der Waals surface area contributed by atoms with Crippen LogP contribution in [0, 0.1) is 11.8 Å². The van der Waals surface area contributed by atoms with Crippen LogP contribution in [0.1, 0.15) is 39.1 Å². The van der Waals surface area contributed by atoms with Gasteiger partial charge in [0.25, 0.3) is 0 Å². The smallest absolute Gasteiger partial charge is 0.0766 e. The highest BCUT2D eigenvalue weighted by molar-refractivity contribution is 9.10. The average molecular weight is 332 g/mol. The van der Waals surface area contributed by atoms with Crippen molar-refractivity contribution in [2.45, 2.75) is 53.2 Å². The van der Waals surface area contributed by atoms with Gasteiger partial charge >= 0.3 is 0 Å². The maximum Gasteiger partial charge on any atom is 0.0766 e. The number of aryl methyl sites for hydroxylation is 2.